The van der Waals surface area contributed by atoms with E-state index in [0.29, 0.717) is 46.8 Å². The number of amides is 1. The molecule has 1 aromatic carbocycles. The lowest BCUT2D eigenvalue weighted by atomic mass is 10.2. The molecule has 1 aliphatic heterocycles. The van der Waals surface area contributed by atoms with Crippen LogP contribution in [0.25, 0.3) is 22.0 Å². The van der Waals surface area contributed by atoms with Crippen LogP contribution in [0.2, 0.25) is 5.15 Å². The zero-order chi connectivity index (χ0) is 27.5. The number of fused-ring (bicyclic) bond motifs is 3. The Bertz CT molecular complexity index is 1600. The van der Waals surface area contributed by atoms with Crippen molar-refractivity contribution in [3.05, 3.63) is 47.7 Å². The van der Waals surface area contributed by atoms with E-state index in [-0.39, 0.29) is 23.4 Å². The predicted molar refractivity (Wildman–Crippen MR) is 151 cm³/mol. The highest BCUT2D eigenvalue weighted by atomic mass is 35.5. The lowest BCUT2D eigenvalue weighted by molar-refractivity contribution is -0.118. The Morgan fingerprint density at radius 3 is 2.79 bits per heavy atom. The van der Waals surface area contributed by atoms with Gasteiger partial charge in [0.25, 0.3) is 0 Å². The van der Waals surface area contributed by atoms with Gasteiger partial charge in [0.05, 0.1) is 35.7 Å². The van der Waals surface area contributed by atoms with Gasteiger partial charge in [0, 0.05) is 36.8 Å². The van der Waals surface area contributed by atoms with Gasteiger partial charge in [-0.15, -0.1) is 11.8 Å². The Kier molecular flexibility index (Phi) is 7.66. The number of benzene rings is 1. The van der Waals surface area contributed by atoms with Gasteiger partial charge in [-0.1, -0.05) is 11.6 Å². The van der Waals surface area contributed by atoms with Crippen LogP contribution in [0.4, 0.5) is 11.5 Å². The lowest BCUT2D eigenvalue weighted by Gasteiger charge is -2.11. The molecule has 0 fully saturated rings. The van der Waals surface area contributed by atoms with Gasteiger partial charge < -0.3 is 30.3 Å². The number of carbonyl (C=O) groups excluding carboxylic acids is 1. The molecule has 0 spiro atoms. The molecular formula is C26H27ClN6O5S. The summed E-state index contributed by atoms with van der Waals surface area (Å²) >= 11 is 7.35. The van der Waals surface area contributed by atoms with Crippen molar-refractivity contribution in [3.63, 3.8) is 0 Å². The Balaban J connectivity index is 1.17. The van der Waals surface area contributed by atoms with Crippen LogP contribution in [-0.2, 0) is 11.8 Å². The molecule has 2 aromatic heterocycles. The molecular weight excluding hydrogens is 544 g/mol. The number of rotatable bonds is 11. The van der Waals surface area contributed by atoms with E-state index in [0.717, 1.165) is 39.6 Å². The van der Waals surface area contributed by atoms with Crippen molar-refractivity contribution in [2.45, 2.75) is 11.3 Å². The maximum Gasteiger partial charge on any atom is 0.230 e. The van der Waals surface area contributed by atoms with E-state index in [4.69, 9.17) is 21.1 Å². The van der Waals surface area contributed by atoms with E-state index in [2.05, 4.69) is 25.8 Å². The van der Waals surface area contributed by atoms with Crippen molar-refractivity contribution >= 4 is 51.5 Å². The van der Waals surface area contributed by atoms with E-state index in [1.54, 1.807) is 19.4 Å². The molecule has 0 bridgehead atoms. The fourth-order valence-corrected chi connectivity index (χ4v) is 5.14. The average molecular weight is 571 g/mol. The van der Waals surface area contributed by atoms with Gasteiger partial charge in [0.15, 0.2) is 22.5 Å². The number of nitrogens with zero attached hydrogens (tertiary/aromatic N) is 2. The summed E-state index contributed by atoms with van der Waals surface area (Å²) in [4.78, 5) is 16.7. The number of aromatic hydroxyl groups is 2. The highest BCUT2D eigenvalue weighted by Crippen LogP contribution is 2.43. The third-order valence-corrected chi connectivity index (χ3v) is 7.50. The second-order valence-electron chi connectivity index (χ2n) is 8.71. The summed E-state index contributed by atoms with van der Waals surface area (Å²) in [5.74, 6) is 1.76. The van der Waals surface area contributed by atoms with Crippen LogP contribution < -0.4 is 20.1 Å². The minimum absolute atomic E-state index is 0.0645. The van der Waals surface area contributed by atoms with Crippen LogP contribution in [0.15, 0.2) is 47.5 Å². The molecule has 3 heterocycles. The van der Waals surface area contributed by atoms with E-state index in [1.165, 1.54) is 17.7 Å². The van der Waals surface area contributed by atoms with Crippen molar-refractivity contribution < 1.29 is 24.5 Å². The molecule has 1 amide bonds. The number of carbonyl (C=O) groups is 1. The summed E-state index contributed by atoms with van der Waals surface area (Å²) in [5, 5.41) is 34.3. The molecule has 39 heavy (non-hydrogen) atoms. The molecule has 11 nitrogen and oxygen atoms in total. The van der Waals surface area contributed by atoms with Crippen LogP contribution in [0.3, 0.4) is 0 Å². The number of pyridine rings is 1. The van der Waals surface area contributed by atoms with Gasteiger partial charge in [-0.3, -0.25) is 19.6 Å². The Morgan fingerprint density at radius 2 is 2.05 bits per heavy atom. The Morgan fingerprint density at radius 1 is 1.21 bits per heavy atom. The normalized spacial score (nSPS) is 11.3. The molecule has 0 unspecified atom stereocenters. The maximum absolute atomic E-state index is 12.2. The smallest absolute Gasteiger partial charge is 0.230 e. The largest absolute Gasteiger partial charge is 0.494 e. The molecule has 0 radical (unpaired) electrons. The number of ether oxygens (including phenoxy) is 2. The second-order valence-corrected chi connectivity index (χ2v) is 10.1. The van der Waals surface area contributed by atoms with Crippen molar-refractivity contribution in [2.24, 2.45) is 7.05 Å². The monoisotopic (exact) mass is 570 g/mol. The fourth-order valence-electron chi connectivity index (χ4n) is 4.13. The van der Waals surface area contributed by atoms with Crippen molar-refractivity contribution in [1.29, 1.82) is 0 Å². The molecule has 0 saturated carbocycles. The number of aromatic nitrogens is 4. The number of thioether (sulfide) groups is 1. The SMILES string of the molecule is COc1cc2c3[nH][nH]c(Nc4cccnc4Cl)c-3cc2cc1OCCCNC(=O)CSc1cc(O)n(C)c1O. The first-order valence-electron chi connectivity index (χ1n) is 12.0. The van der Waals surface area contributed by atoms with Crippen molar-refractivity contribution in [3.8, 4) is 34.5 Å². The molecule has 13 heteroatoms. The number of anilines is 2. The predicted octanol–water partition coefficient (Wildman–Crippen LogP) is 4.83. The maximum atomic E-state index is 12.2. The van der Waals surface area contributed by atoms with E-state index in [9.17, 15) is 15.0 Å². The Labute approximate surface area is 232 Å². The summed E-state index contributed by atoms with van der Waals surface area (Å²) in [6, 6.07) is 11.0. The zero-order valence-electron chi connectivity index (χ0n) is 21.2. The van der Waals surface area contributed by atoms with Gasteiger partial charge >= 0.3 is 0 Å². The number of methoxy groups -OCH3 is 1. The van der Waals surface area contributed by atoms with Crippen molar-refractivity contribution in [2.75, 3.05) is 31.3 Å². The molecule has 5 rings (SSSR count). The van der Waals surface area contributed by atoms with E-state index < -0.39 is 0 Å². The number of H-pyrrole nitrogens is 2. The lowest BCUT2D eigenvalue weighted by Crippen LogP contribution is -2.27. The van der Waals surface area contributed by atoms with Gasteiger partial charge in [0.1, 0.15) is 5.82 Å². The zero-order valence-corrected chi connectivity index (χ0v) is 22.7. The molecule has 204 valence electrons. The number of nitrogens with one attached hydrogen (secondary N) is 4. The highest BCUT2D eigenvalue weighted by molar-refractivity contribution is 8.00. The molecule has 1 aliphatic carbocycles. The molecule has 2 aliphatic rings. The number of hydrogen-bond donors (Lipinski definition) is 6. The van der Waals surface area contributed by atoms with Gasteiger partial charge in [0.2, 0.25) is 11.8 Å². The third-order valence-electron chi connectivity index (χ3n) is 6.18. The van der Waals surface area contributed by atoms with Gasteiger partial charge in [-0.25, -0.2) is 4.98 Å². The highest BCUT2D eigenvalue weighted by Gasteiger charge is 2.20. The minimum Gasteiger partial charge on any atom is -0.494 e. The number of hydrogen-bond acceptors (Lipinski definition) is 8. The van der Waals surface area contributed by atoms with Crippen molar-refractivity contribution in [1.82, 2.24) is 25.1 Å². The quantitative estimate of drug-likeness (QED) is 0.0751. The first-order chi connectivity index (χ1) is 18.9. The van der Waals surface area contributed by atoms with Crippen LogP contribution in [-0.4, -0.2) is 61.9 Å². The third kappa shape index (κ3) is 5.52. The Hall–Kier alpha value is -4.16. The summed E-state index contributed by atoms with van der Waals surface area (Å²) in [6.07, 6.45) is 2.22. The fraction of sp³-hybridized carbons (Fsp3) is 0.231. The van der Waals surface area contributed by atoms with Gasteiger partial charge in [-0.05, 0) is 42.1 Å². The average Bonchev–Trinajstić information content (AvgIpc) is 3.56. The summed E-state index contributed by atoms with van der Waals surface area (Å²) in [7, 11) is 3.13. The second kappa shape index (κ2) is 11.3. The summed E-state index contributed by atoms with van der Waals surface area (Å²) in [5.41, 5.74) is 2.55. The summed E-state index contributed by atoms with van der Waals surface area (Å²) in [6.45, 7) is 0.804. The molecule has 3 aromatic rings. The number of aromatic amines is 2. The van der Waals surface area contributed by atoms with E-state index in [1.807, 2.05) is 24.3 Å². The molecule has 0 saturated heterocycles. The van der Waals surface area contributed by atoms with E-state index >= 15 is 0 Å². The van der Waals surface area contributed by atoms with Crippen LogP contribution in [0.5, 0.6) is 23.3 Å². The molecule has 0 atom stereocenters. The first-order valence-corrected chi connectivity index (χ1v) is 13.4. The first kappa shape index (κ1) is 26.4. The number of halogens is 1. The topological polar surface area (TPSA) is 149 Å². The molecule has 6 N–H and O–H groups in total. The standard InChI is InChI=1S/C26H27ClN6O5S/c1-33-22(35)12-20(26(33)36)39-13-21(34)28-7-4-8-38-19-10-14-9-16-23(15(14)11-18(19)37-2)31-32-25(16)30-17-5-3-6-29-24(17)27/h3,5-6,9-12,30-32,35-36H,4,7-8,13H2,1-2H3,(H,28,34). The minimum atomic E-state index is -0.178. The van der Waals surface area contributed by atoms with Crippen LogP contribution in [0.1, 0.15) is 6.42 Å². The summed E-state index contributed by atoms with van der Waals surface area (Å²) < 4.78 is 12.8. The van der Waals surface area contributed by atoms with Gasteiger partial charge in [-0.2, -0.15) is 0 Å². The van der Waals surface area contributed by atoms with Crippen LogP contribution in [0, 0.1) is 0 Å². The van der Waals surface area contributed by atoms with Crippen LogP contribution >= 0.6 is 23.4 Å².